The number of hydrogen-bond donors (Lipinski definition) is 2. The number of benzene rings is 2. The molecule has 3 N–H and O–H groups in total. The van der Waals surface area contributed by atoms with E-state index in [2.05, 4.69) is 53.4 Å². The molecule has 0 aliphatic rings. The van der Waals surface area contributed by atoms with E-state index in [-0.39, 0.29) is 6.04 Å². The number of hydrogen-bond acceptors (Lipinski definition) is 4. The molecule has 1 aromatic heterocycles. The van der Waals surface area contributed by atoms with Gasteiger partial charge in [0.05, 0.1) is 5.52 Å². The zero-order valence-electron chi connectivity index (χ0n) is 12.2. The number of nitrogens with two attached hydrogens (primary N) is 1. The van der Waals surface area contributed by atoms with E-state index in [0.717, 1.165) is 16.7 Å². The normalized spacial score (nSPS) is 12.3. The Bertz CT molecular complexity index is 765. The smallest absolute Gasteiger partial charge is 0.137 e. The minimum absolute atomic E-state index is 0.168. The number of anilines is 2. The summed E-state index contributed by atoms with van der Waals surface area (Å²) in [5.74, 6) is 0.827. The maximum atomic E-state index is 5.80. The van der Waals surface area contributed by atoms with Crippen molar-refractivity contribution in [3.8, 4) is 0 Å². The van der Waals surface area contributed by atoms with Crippen molar-refractivity contribution in [2.24, 2.45) is 0 Å². The van der Waals surface area contributed by atoms with Crippen molar-refractivity contribution in [3.63, 3.8) is 0 Å². The highest BCUT2D eigenvalue weighted by molar-refractivity contribution is 5.90. The lowest BCUT2D eigenvalue weighted by Gasteiger charge is -2.16. The molecule has 0 aliphatic carbocycles. The summed E-state index contributed by atoms with van der Waals surface area (Å²) >= 11 is 0. The van der Waals surface area contributed by atoms with E-state index in [1.54, 1.807) is 6.33 Å². The largest absolute Gasteiger partial charge is 0.399 e. The Balaban J connectivity index is 1.92. The Kier molecular flexibility index (Phi) is 3.44. The molecular formula is C17H18N4. The first-order valence-corrected chi connectivity index (χ1v) is 6.97. The van der Waals surface area contributed by atoms with Crippen LogP contribution in [0.15, 0.2) is 48.8 Å². The first kappa shape index (κ1) is 13.4. The van der Waals surface area contributed by atoms with Gasteiger partial charge in [0.2, 0.25) is 0 Å². The standard InChI is InChI=1S/C17H18N4/c1-11-3-5-13(6-4-11)12(2)21-17-15-8-7-14(18)9-16(15)19-10-20-17/h3-10,12H,18H2,1-2H3,(H,19,20,21). The van der Waals surface area contributed by atoms with Gasteiger partial charge in [0.1, 0.15) is 12.1 Å². The lowest BCUT2D eigenvalue weighted by Crippen LogP contribution is -2.08. The number of rotatable bonds is 3. The minimum atomic E-state index is 0.168. The third-order valence-electron chi connectivity index (χ3n) is 3.59. The maximum absolute atomic E-state index is 5.80. The summed E-state index contributed by atoms with van der Waals surface area (Å²) in [6.07, 6.45) is 1.56. The van der Waals surface area contributed by atoms with Crippen LogP contribution in [-0.4, -0.2) is 9.97 Å². The summed E-state index contributed by atoms with van der Waals surface area (Å²) in [5, 5.41) is 4.43. The molecule has 106 valence electrons. The van der Waals surface area contributed by atoms with Gasteiger partial charge in [-0.05, 0) is 37.6 Å². The van der Waals surface area contributed by atoms with Crippen LogP contribution in [-0.2, 0) is 0 Å². The quantitative estimate of drug-likeness (QED) is 0.717. The van der Waals surface area contributed by atoms with Crippen LogP contribution >= 0.6 is 0 Å². The van der Waals surface area contributed by atoms with Crippen LogP contribution in [0.1, 0.15) is 24.1 Å². The molecule has 0 radical (unpaired) electrons. The van der Waals surface area contributed by atoms with Crippen LogP contribution < -0.4 is 11.1 Å². The molecule has 0 aliphatic heterocycles. The number of aryl methyl sites for hydroxylation is 1. The van der Waals surface area contributed by atoms with Crippen LogP contribution in [0, 0.1) is 6.92 Å². The van der Waals surface area contributed by atoms with Crippen LogP contribution in [0.5, 0.6) is 0 Å². The van der Waals surface area contributed by atoms with Crippen molar-refractivity contribution in [1.29, 1.82) is 0 Å². The van der Waals surface area contributed by atoms with Gasteiger partial charge < -0.3 is 11.1 Å². The van der Waals surface area contributed by atoms with Crippen molar-refractivity contribution in [1.82, 2.24) is 9.97 Å². The Morgan fingerprint density at radius 1 is 1.05 bits per heavy atom. The van der Waals surface area contributed by atoms with Crippen molar-refractivity contribution >= 4 is 22.4 Å². The number of nitrogens with one attached hydrogen (secondary N) is 1. The average Bonchev–Trinajstić information content (AvgIpc) is 2.47. The first-order valence-electron chi connectivity index (χ1n) is 6.97. The Hall–Kier alpha value is -2.62. The van der Waals surface area contributed by atoms with E-state index in [4.69, 9.17) is 5.73 Å². The fourth-order valence-corrected chi connectivity index (χ4v) is 2.33. The Morgan fingerprint density at radius 3 is 2.57 bits per heavy atom. The zero-order chi connectivity index (χ0) is 14.8. The molecule has 1 unspecified atom stereocenters. The van der Waals surface area contributed by atoms with E-state index >= 15 is 0 Å². The number of nitrogen functional groups attached to an aromatic ring is 1. The number of aromatic nitrogens is 2. The molecule has 0 amide bonds. The Labute approximate surface area is 124 Å². The topological polar surface area (TPSA) is 63.8 Å². The molecule has 3 aromatic rings. The molecule has 0 saturated carbocycles. The molecule has 3 rings (SSSR count). The molecule has 0 spiro atoms. The van der Waals surface area contributed by atoms with Crippen LogP contribution in [0.2, 0.25) is 0 Å². The van der Waals surface area contributed by atoms with Gasteiger partial charge in [-0.25, -0.2) is 9.97 Å². The third kappa shape index (κ3) is 2.79. The summed E-state index contributed by atoms with van der Waals surface area (Å²) in [7, 11) is 0. The van der Waals surface area contributed by atoms with E-state index in [1.807, 2.05) is 18.2 Å². The summed E-state index contributed by atoms with van der Waals surface area (Å²) < 4.78 is 0. The average molecular weight is 278 g/mol. The minimum Gasteiger partial charge on any atom is -0.399 e. The first-order chi connectivity index (χ1) is 10.1. The van der Waals surface area contributed by atoms with E-state index in [9.17, 15) is 0 Å². The second-order valence-corrected chi connectivity index (χ2v) is 5.28. The monoisotopic (exact) mass is 278 g/mol. The predicted octanol–water partition coefficient (Wildman–Crippen LogP) is 3.69. The third-order valence-corrected chi connectivity index (χ3v) is 3.59. The van der Waals surface area contributed by atoms with Crippen molar-refractivity contribution in [2.75, 3.05) is 11.1 Å². The molecule has 1 atom stereocenters. The highest BCUT2D eigenvalue weighted by Crippen LogP contribution is 2.25. The number of nitrogens with zero attached hydrogens (tertiary/aromatic N) is 2. The molecule has 21 heavy (non-hydrogen) atoms. The highest BCUT2D eigenvalue weighted by Gasteiger charge is 2.09. The van der Waals surface area contributed by atoms with Crippen LogP contribution in [0.4, 0.5) is 11.5 Å². The molecule has 2 aromatic carbocycles. The molecular weight excluding hydrogens is 260 g/mol. The number of fused-ring (bicyclic) bond motifs is 1. The molecule has 1 heterocycles. The van der Waals surface area contributed by atoms with Gasteiger partial charge in [-0.3, -0.25) is 0 Å². The molecule has 4 heteroatoms. The van der Waals surface area contributed by atoms with Crippen molar-refractivity contribution < 1.29 is 0 Å². The van der Waals surface area contributed by atoms with Crippen LogP contribution in [0.3, 0.4) is 0 Å². The fourth-order valence-electron chi connectivity index (χ4n) is 2.33. The fraction of sp³-hybridized carbons (Fsp3) is 0.176. The second kappa shape index (κ2) is 5.40. The van der Waals surface area contributed by atoms with Gasteiger partial charge in [-0.15, -0.1) is 0 Å². The lowest BCUT2D eigenvalue weighted by molar-refractivity contribution is 0.875. The Morgan fingerprint density at radius 2 is 1.81 bits per heavy atom. The van der Waals surface area contributed by atoms with Crippen molar-refractivity contribution in [3.05, 3.63) is 59.9 Å². The van der Waals surface area contributed by atoms with Gasteiger partial charge in [-0.1, -0.05) is 29.8 Å². The lowest BCUT2D eigenvalue weighted by atomic mass is 10.1. The zero-order valence-corrected chi connectivity index (χ0v) is 12.2. The van der Waals surface area contributed by atoms with Gasteiger partial charge in [0.15, 0.2) is 0 Å². The summed E-state index contributed by atoms with van der Waals surface area (Å²) in [6.45, 7) is 4.21. The van der Waals surface area contributed by atoms with E-state index < -0.39 is 0 Å². The van der Waals surface area contributed by atoms with Crippen LogP contribution in [0.25, 0.3) is 10.9 Å². The summed E-state index contributed by atoms with van der Waals surface area (Å²) in [6, 6.07) is 14.4. The van der Waals surface area contributed by atoms with E-state index in [0.29, 0.717) is 5.69 Å². The van der Waals surface area contributed by atoms with E-state index in [1.165, 1.54) is 11.1 Å². The molecule has 0 saturated heterocycles. The predicted molar refractivity (Wildman–Crippen MR) is 87.2 cm³/mol. The maximum Gasteiger partial charge on any atom is 0.137 e. The van der Waals surface area contributed by atoms with Crippen molar-refractivity contribution in [2.45, 2.75) is 19.9 Å². The van der Waals surface area contributed by atoms with Gasteiger partial charge >= 0.3 is 0 Å². The van der Waals surface area contributed by atoms with Gasteiger partial charge in [0, 0.05) is 17.1 Å². The van der Waals surface area contributed by atoms with Gasteiger partial charge in [-0.2, -0.15) is 0 Å². The molecule has 4 nitrogen and oxygen atoms in total. The second-order valence-electron chi connectivity index (χ2n) is 5.28. The molecule has 0 fully saturated rings. The SMILES string of the molecule is Cc1ccc(C(C)Nc2ncnc3cc(N)ccc23)cc1. The summed E-state index contributed by atoms with van der Waals surface area (Å²) in [5.41, 5.74) is 9.84. The summed E-state index contributed by atoms with van der Waals surface area (Å²) in [4.78, 5) is 8.62. The van der Waals surface area contributed by atoms with Gasteiger partial charge in [0.25, 0.3) is 0 Å². The highest BCUT2D eigenvalue weighted by atomic mass is 15.0. The molecule has 0 bridgehead atoms.